The molecule has 1 aromatic heterocycles. The van der Waals surface area contributed by atoms with Crippen molar-refractivity contribution in [2.24, 2.45) is 0 Å². The number of nitrogens with one attached hydrogen (secondary N) is 1. The van der Waals surface area contributed by atoms with E-state index in [2.05, 4.69) is 26.1 Å². The third kappa shape index (κ3) is 6.94. The van der Waals surface area contributed by atoms with E-state index in [1.54, 1.807) is 16.8 Å². The van der Waals surface area contributed by atoms with Crippen LogP contribution >= 0.6 is 0 Å². The summed E-state index contributed by atoms with van der Waals surface area (Å²) >= 11 is 0. The average molecular weight is 513 g/mol. The standard InChI is InChI=1S/C31H33FN4O2/c1-22-10-16-26(17-11-22)36-28(19-27(34-36)31(2,3)4)33-29(37)21-35(20-24-8-6-5-7-9-24)30(38)18-23-12-14-25(32)15-13-23/h5-17,19H,18,20-21H2,1-4H3,(H,33,37). The second-order valence-corrected chi connectivity index (χ2v) is 10.5. The summed E-state index contributed by atoms with van der Waals surface area (Å²) < 4.78 is 15.1. The Balaban J connectivity index is 1.57. The van der Waals surface area contributed by atoms with Gasteiger partial charge in [-0.1, -0.05) is 80.9 Å². The van der Waals surface area contributed by atoms with Gasteiger partial charge >= 0.3 is 0 Å². The number of anilines is 1. The van der Waals surface area contributed by atoms with Gasteiger partial charge in [-0.05, 0) is 42.3 Å². The van der Waals surface area contributed by atoms with Gasteiger partial charge in [0, 0.05) is 18.0 Å². The van der Waals surface area contributed by atoms with Crippen molar-refractivity contribution >= 4 is 17.6 Å². The molecule has 0 atom stereocenters. The highest BCUT2D eigenvalue weighted by atomic mass is 19.1. The number of nitrogens with zero attached hydrogens (tertiary/aromatic N) is 3. The van der Waals surface area contributed by atoms with Crippen molar-refractivity contribution in [3.63, 3.8) is 0 Å². The molecule has 0 spiro atoms. The predicted molar refractivity (Wildman–Crippen MR) is 148 cm³/mol. The lowest BCUT2D eigenvalue weighted by atomic mass is 9.92. The second kappa shape index (κ2) is 11.4. The van der Waals surface area contributed by atoms with Gasteiger partial charge in [0.15, 0.2) is 0 Å². The van der Waals surface area contributed by atoms with Crippen LogP contribution < -0.4 is 5.32 Å². The minimum Gasteiger partial charge on any atom is -0.329 e. The molecule has 0 saturated carbocycles. The molecule has 0 aliphatic rings. The van der Waals surface area contributed by atoms with E-state index < -0.39 is 0 Å². The normalized spacial score (nSPS) is 11.3. The lowest BCUT2D eigenvalue weighted by Crippen LogP contribution is -2.38. The van der Waals surface area contributed by atoms with Crippen molar-refractivity contribution in [1.29, 1.82) is 0 Å². The van der Waals surface area contributed by atoms with Crippen LogP contribution in [-0.4, -0.2) is 33.0 Å². The molecule has 4 aromatic rings. The van der Waals surface area contributed by atoms with Crippen molar-refractivity contribution in [3.05, 3.63) is 113 Å². The van der Waals surface area contributed by atoms with Crippen molar-refractivity contribution < 1.29 is 14.0 Å². The Labute approximate surface area is 223 Å². The minimum atomic E-state index is -0.360. The predicted octanol–water partition coefficient (Wildman–Crippen LogP) is 5.83. The van der Waals surface area contributed by atoms with Crippen LogP contribution in [0.2, 0.25) is 0 Å². The fraction of sp³-hybridized carbons (Fsp3) is 0.258. The maximum atomic E-state index is 13.3. The third-order valence-electron chi connectivity index (χ3n) is 6.20. The number of carbonyl (C=O) groups is 2. The first-order chi connectivity index (χ1) is 18.1. The molecule has 4 rings (SSSR count). The van der Waals surface area contributed by atoms with Crippen molar-refractivity contribution in [2.75, 3.05) is 11.9 Å². The average Bonchev–Trinajstić information content (AvgIpc) is 3.30. The highest BCUT2D eigenvalue weighted by Crippen LogP contribution is 2.26. The summed E-state index contributed by atoms with van der Waals surface area (Å²) in [7, 11) is 0. The molecule has 0 aliphatic heterocycles. The molecule has 0 unspecified atom stereocenters. The monoisotopic (exact) mass is 512 g/mol. The highest BCUT2D eigenvalue weighted by Gasteiger charge is 2.23. The summed E-state index contributed by atoms with van der Waals surface area (Å²) in [4.78, 5) is 28.1. The van der Waals surface area contributed by atoms with Crippen LogP contribution in [0.15, 0.2) is 84.9 Å². The summed E-state index contributed by atoms with van der Waals surface area (Å²) in [6.45, 7) is 8.35. The Morgan fingerprint density at radius 1 is 0.921 bits per heavy atom. The number of benzene rings is 3. The molecule has 1 N–H and O–H groups in total. The van der Waals surface area contributed by atoms with Gasteiger partial charge in [-0.15, -0.1) is 0 Å². The summed E-state index contributed by atoms with van der Waals surface area (Å²) in [6, 6.07) is 25.1. The van der Waals surface area contributed by atoms with Crippen molar-refractivity contribution in [1.82, 2.24) is 14.7 Å². The molecule has 196 valence electrons. The van der Waals surface area contributed by atoms with Gasteiger partial charge in [-0.3, -0.25) is 9.59 Å². The molecule has 6 nitrogen and oxygen atoms in total. The van der Waals surface area contributed by atoms with E-state index in [0.717, 1.165) is 22.5 Å². The van der Waals surface area contributed by atoms with E-state index in [9.17, 15) is 14.0 Å². The zero-order valence-electron chi connectivity index (χ0n) is 22.2. The molecule has 0 bridgehead atoms. The van der Waals surface area contributed by atoms with Crippen molar-refractivity contribution in [3.8, 4) is 5.69 Å². The van der Waals surface area contributed by atoms with Crippen LogP contribution in [-0.2, 0) is 28.0 Å². The maximum Gasteiger partial charge on any atom is 0.245 e. The Bertz CT molecular complexity index is 1390. The Hall–Kier alpha value is -4.26. The second-order valence-electron chi connectivity index (χ2n) is 10.5. The number of aryl methyl sites for hydroxylation is 1. The molecular formula is C31H33FN4O2. The summed E-state index contributed by atoms with van der Waals surface area (Å²) in [5, 5.41) is 7.75. The van der Waals surface area contributed by atoms with E-state index >= 15 is 0 Å². The Kier molecular flexibility index (Phi) is 8.05. The maximum absolute atomic E-state index is 13.3. The molecule has 7 heteroatoms. The first-order valence-corrected chi connectivity index (χ1v) is 12.6. The van der Waals surface area contributed by atoms with Gasteiger partial charge in [0.05, 0.1) is 17.8 Å². The zero-order chi connectivity index (χ0) is 27.3. The number of hydrogen-bond donors (Lipinski definition) is 1. The van der Waals surface area contributed by atoms with Crippen LogP contribution in [0.1, 0.15) is 43.2 Å². The Morgan fingerprint density at radius 3 is 2.21 bits per heavy atom. The first-order valence-electron chi connectivity index (χ1n) is 12.6. The van der Waals surface area contributed by atoms with Crippen LogP contribution in [0.4, 0.5) is 10.2 Å². The minimum absolute atomic E-state index is 0.0653. The smallest absolute Gasteiger partial charge is 0.245 e. The van der Waals surface area contributed by atoms with Gasteiger partial charge in [0.2, 0.25) is 11.8 Å². The van der Waals surface area contributed by atoms with Crippen LogP contribution in [0.25, 0.3) is 5.69 Å². The molecule has 2 amide bonds. The summed E-state index contributed by atoms with van der Waals surface area (Å²) in [5.74, 6) is -0.379. The molecule has 0 aliphatic carbocycles. The molecule has 0 saturated heterocycles. The molecule has 3 aromatic carbocycles. The van der Waals surface area contributed by atoms with Crippen LogP contribution in [0, 0.1) is 12.7 Å². The molecule has 38 heavy (non-hydrogen) atoms. The lowest BCUT2D eigenvalue weighted by molar-refractivity contribution is -0.134. The molecule has 0 radical (unpaired) electrons. The van der Waals surface area contributed by atoms with Crippen molar-refractivity contribution in [2.45, 2.75) is 46.1 Å². The topological polar surface area (TPSA) is 67.2 Å². The van der Waals surface area contributed by atoms with E-state index in [-0.39, 0.29) is 42.6 Å². The molecule has 0 fully saturated rings. The van der Waals surface area contributed by atoms with Crippen LogP contribution in [0.5, 0.6) is 0 Å². The molecule has 1 heterocycles. The number of amides is 2. The number of hydrogen-bond acceptors (Lipinski definition) is 3. The van der Waals surface area contributed by atoms with E-state index in [0.29, 0.717) is 11.4 Å². The van der Waals surface area contributed by atoms with E-state index in [4.69, 9.17) is 5.10 Å². The quantitative estimate of drug-likeness (QED) is 0.323. The van der Waals surface area contributed by atoms with Gasteiger partial charge in [0.25, 0.3) is 0 Å². The fourth-order valence-corrected chi connectivity index (χ4v) is 4.00. The number of aromatic nitrogens is 2. The van der Waals surface area contributed by atoms with Gasteiger partial charge in [0.1, 0.15) is 18.2 Å². The van der Waals surface area contributed by atoms with Crippen LogP contribution in [0.3, 0.4) is 0 Å². The SMILES string of the molecule is Cc1ccc(-n2nc(C(C)(C)C)cc2NC(=O)CN(Cc2ccccc2)C(=O)Cc2ccc(F)cc2)cc1. The third-order valence-corrected chi connectivity index (χ3v) is 6.20. The van der Waals surface area contributed by atoms with E-state index in [1.165, 1.54) is 17.0 Å². The first kappa shape index (κ1) is 26.8. The number of halogens is 1. The highest BCUT2D eigenvalue weighted by molar-refractivity contribution is 5.94. The fourth-order valence-electron chi connectivity index (χ4n) is 4.00. The summed E-state index contributed by atoms with van der Waals surface area (Å²) in [5.41, 5.74) is 4.16. The van der Waals surface area contributed by atoms with Gasteiger partial charge in [-0.2, -0.15) is 5.10 Å². The molecular weight excluding hydrogens is 479 g/mol. The summed E-state index contributed by atoms with van der Waals surface area (Å²) in [6.07, 6.45) is 0.0653. The largest absolute Gasteiger partial charge is 0.329 e. The number of rotatable bonds is 8. The lowest BCUT2D eigenvalue weighted by Gasteiger charge is -2.23. The Morgan fingerprint density at radius 2 is 1.58 bits per heavy atom. The van der Waals surface area contributed by atoms with E-state index in [1.807, 2.05) is 67.6 Å². The zero-order valence-corrected chi connectivity index (χ0v) is 22.2. The number of carbonyl (C=O) groups excluding carboxylic acids is 2. The van der Waals surface area contributed by atoms with Gasteiger partial charge in [-0.25, -0.2) is 9.07 Å². The van der Waals surface area contributed by atoms with Gasteiger partial charge < -0.3 is 10.2 Å².